The van der Waals surface area contributed by atoms with Gasteiger partial charge in [0.1, 0.15) is 30.9 Å². The van der Waals surface area contributed by atoms with Gasteiger partial charge in [-0.25, -0.2) is 4.98 Å². The second-order valence-electron chi connectivity index (χ2n) is 11.4. The molecule has 1 aromatic heterocycles. The number of aromatic nitrogens is 1. The Labute approximate surface area is 226 Å². The summed E-state index contributed by atoms with van der Waals surface area (Å²) >= 11 is 1.62. The first-order chi connectivity index (χ1) is 18.0. The quantitative estimate of drug-likeness (QED) is 0.581. The van der Waals surface area contributed by atoms with Gasteiger partial charge in [0.2, 0.25) is 5.91 Å². The SMILES string of the molecule is CN1CCN(c2nc(-c3ccc(C(=O)N[C@H](C(=O)N4C[C@H](O)[C@H]5OCC(=O)[C@H]54)C(C)(C)C)cc3)cs2)CC1. The van der Waals surface area contributed by atoms with Gasteiger partial charge in [-0.15, -0.1) is 11.3 Å². The first-order valence-electron chi connectivity index (χ1n) is 13.0. The van der Waals surface area contributed by atoms with Gasteiger partial charge in [-0.2, -0.15) is 0 Å². The Morgan fingerprint density at radius 1 is 1.16 bits per heavy atom. The number of anilines is 1. The molecule has 0 radical (unpaired) electrons. The zero-order valence-corrected chi connectivity index (χ0v) is 23.0. The van der Waals surface area contributed by atoms with Crippen LogP contribution in [0.2, 0.25) is 0 Å². The number of hydrogen-bond donors (Lipinski definition) is 2. The second-order valence-corrected chi connectivity index (χ2v) is 12.2. The minimum atomic E-state index is -0.929. The first-order valence-corrected chi connectivity index (χ1v) is 13.8. The number of likely N-dealkylation sites (tertiary alicyclic amines) is 1. The van der Waals surface area contributed by atoms with E-state index in [0.29, 0.717) is 5.56 Å². The molecule has 38 heavy (non-hydrogen) atoms. The minimum absolute atomic E-state index is 0.000806. The molecular formula is C27H35N5O5S. The minimum Gasteiger partial charge on any atom is -0.388 e. The van der Waals surface area contributed by atoms with Crippen LogP contribution in [0, 0.1) is 5.41 Å². The summed E-state index contributed by atoms with van der Waals surface area (Å²) in [5, 5.41) is 16.2. The van der Waals surface area contributed by atoms with Crippen LogP contribution in [0.1, 0.15) is 31.1 Å². The number of nitrogens with one attached hydrogen (secondary N) is 1. The van der Waals surface area contributed by atoms with E-state index in [4.69, 9.17) is 9.72 Å². The number of ketones is 1. The Hall–Kier alpha value is -2.86. The van der Waals surface area contributed by atoms with Crippen molar-refractivity contribution >= 4 is 34.1 Å². The summed E-state index contributed by atoms with van der Waals surface area (Å²) < 4.78 is 5.40. The van der Waals surface area contributed by atoms with Crippen molar-refractivity contribution in [2.45, 2.75) is 45.1 Å². The lowest BCUT2D eigenvalue weighted by Gasteiger charge is -2.34. The normalized spacial score (nSPS) is 25.0. The second kappa shape index (κ2) is 10.4. The number of aliphatic hydroxyl groups excluding tert-OH is 1. The number of likely N-dealkylation sites (N-methyl/N-ethyl adjacent to an activating group) is 1. The summed E-state index contributed by atoms with van der Waals surface area (Å²) in [7, 11) is 2.12. The van der Waals surface area contributed by atoms with Gasteiger partial charge < -0.3 is 29.9 Å². The molecule has 2 N–H and O–H groups in total. The van der Waals surface area contributed by atoms with Crippen LogP contribution in [0.25, 0.3) is 11.3 Å². The average molecular weight is 542 g/mol. The zero-order chi connectivity index (χ0) is 27.2. The number of benzene rings is 1. The maximum absolute atomic E-state index is 13.6. The number of carbonyl (C=O) groups excluding carboxylic acids is 3. The molecule has 3 aliphatic heterocycles. The molecule has 4 atom stereocenters. The largest absolute Gasteiger partial charge is 0.388 e. The highest BCUT2D eigenvalue weighted by molar-refractivity contribution is 7.14. The molecule has 11 heteroatoms. The van der Waals surface area contributed by atoms with Gasteiger partial charge in [0.25, 0.3) is 5.91 Å². The van der Waals surface area contributed by atoms with Gasteiger partial charge in [-0.3, -0.25) is 14.4 Å². The van der Waals surface area contributed by atoms with Gasteiger partial charge in [0.05, 0.1) is 12.2 Å². The molecule has 0 bridgehead atoms. The standard InChI is InChI=1S/C27H35N5O5S/c1-27(2,3)23(25(36)32-13-19(33)22-21(32)20(34)14-37-22)29-24(35)17-7-5-16(6-8-17)18-15-38-26(28-18)31-11-9-30(4)10-12-31/h5-8,15,19,21-23,33H,9-14H2,1-4H3,(H,29,35)/t19-,21+,22+,23+/m0/s1. The van der Waals surface area contributed by atoms with E-state index in [1.54, 1.807) is 23.5 Å². The molecule has 0 saturated carbocycles. The number of aliphatic hydroxyl groups is 1. The van der Waals surface area contributed by atoms with Crippen molar-refractivity contribution in [1.82, 2.24) is 20.1 Å². The molecule has 5 rings (SSSR count). The molecule has 0 unspecified atom stereocenters. The van der Waals surface area contributed by atoms with Crippen LogP contribution in [0.4, 0.5) is 5.13 Å². The summed E-state index contributed by atoms with van der Waals surface area (Å²) in [6.07, 6.45) is -1.64. The lowest BCUT2D eigenvalue weighted by Crippen LogP contribution is -2.57. The zero-order valence-electron chi connectivity index (χ0n) is 22.2. The molecule has 204 valence electrons. The summed E-state index contributed by atoms with van der Waals surface area (Å²) in [5.74, 6) is -1.01. The molecule has 2 aromatic rings. The molecule has 3 aliphatic rings. The topological polar surface area (TPSA) is 115 Å². The van der Waals surface area contributed by atoms with Crippen LogP contribution in [0.5, 0.6) is 0 Å². The fraction of sp³-hybridized carbons (Fsp3) is 0.556. The van der Waals surface area contributed by atoms with E-state index < -0.39 is 35.6 Å². The van der Waals surface area contributed by atoms with Crippen LogP contribution in [0.3, 0.4) is 0 Å². The molecular weight excluding hydrogens is 506 g/mol. The van der Waals surface area contributed by atoms with Crippen molar-refractivity contribution in [1.29, 1.82) is 0 Å². The van der Waals surface area contributed by atoms with Gasteiger partial charge >= 0.3 is 0 Å². The van der Waals surface area contributed by atoms with Crippen molar-refractivity contribution in [3.8, 4) is 11.3 Å². The maximum Gasteiger partial charge on any atom is 0.251 e. The van der Waals surface area contributed by atoms with Crippen LogP contribution < -0.4 is 10.2 Å². The van der Waals surface area contributed by atoms with Crippen LogP contribution in [0.15, 0.2) is 29.6 Å². The molecule has 3 saturated heterocycles. The molecule has 3 fully saturated rings. The molecule has 2 amide bonds. The lowest BCUT2D eigenvalue weighted by atomic mass is 9.85. The van der Waals surface area contributed by atoms with Crippen LogP contribution in [-0.2, 0) is 14.3 Å². The van der Waals surface area contributed by atoms with Crippen molar-refractivity contribution in [2.24, 2.45) is 5.41 Å². The van der Waals surface area contributed by atoms with Crippen LogP contribution >= 0.6 is 11.3 Å². The number of nitrogens with zero attached hydrogens (tertiary/aromatic N) is 4. The van der Waals surface area contributed by atoms with Gasteiger partial charge in [-0.1, -0.05) is 32.9 Å². The highest BCUT2D eigenvalue weighted by Crippen LogP contribution is 2.31. The summed E-state index contributed by atoms with van der Waals surface area (Å²) in [6, 6.07) is 5.48. The Balaban J connectivity index is 1.28. The van der Waals surface area contributed by atoms with E-state index >= 15 is 0 Å². The monoisotopic (exact) mass is 541 g/mol. The highest BCUT2D eigenvalue weighted by atomic mass is 32.1. The Morgan fingerprint density at radius 3 is 2.50 bits per heavy atom. The number of amides is 2. The first kappa shape index (κ1) is 26.7. The number of rotatable bonds is 5. The average Bonchev–Trinajstić information content (AvgIpc) is 3.60. The van der Waals surface area contributed by atoms with E-state index in [1.807, 2.05) is 38.3 Å². The van der Waals surface area contributed by atoms with Crippen molar-refractivity contribution in [3.05, 3.63) is 35.2 Å². The van der Waals surface area contributed by atoms with Gasteiger partial charge in [0.15, 0.2) is 10.9 Å². The number of hydrogen-bond acceptors (Lipinski definition) is 9. The summed E-state index contributed by atoms with van der Waals surface area (Å²) in [5.41, 5.74) is 1.58. The highest BCUT2D eigenvalue weighted by Gasteiger charge is 2.53. The van der Waals surface area contributed by atoms with Crippen LogP contribution in [-0.4, -0.2) is 108 Å². The van der Waals surface area contributed by atoms with E-state index in [0.717, 1.165) is 42.6 Å². The predicted octanol–water partition coefficient (Wildman–Crippen LogP) is 1.25. The number of β-amino-alcohol motifs (C(OH)–C–C–N with tert-alkyl or cyclic N) is 1. The predicted molar refractivity (Wildman–Crippen MR) is 144 cm³/mol. The molecule has 10 nitrogen and oxygen atoms in total. The number of Topliss-reactive ketones (excluding diaryl/α,β-unsaturated/α-hetero) is 1. The van der Waals surface area contributed by atoms with Crippen molar-refractivity contribution < 1.29 is 24.2 Å². The number of fused-ring (bicyclic) bond motifs is 1. The summed E-state index contributed by atoms with van der Waals surface area (Å²) in [6.45, 7) is 9.39. The van der Waals surface area contributed by atoms with Crippen molar-refractivity contribution in [2.75, 3.05) is 51.3 Å². The number of piperazine rings is 1. The number of carbonyl (C=O) groups is 3. The third-order valence-electron chi connectivity index (χ3n) is 7.54. The Bertz CT molecular complexity index is 1200. The molecule has 0 aliphatic carbocycles. The Morgan fingerprint density at radius 2 is 1.84 bits per heavy atom. The fourth-order valence-corrected chi connectivity index (χ4v) is 6.11. The fourth-order valence-electron chi connectivity index (χ4n) is 5.22. The third kappa shape index (κ3) is 5.20. The molecule has 0 spiro atoms. The van der Waals surface area contributed by atoms with E-state index in [-0.39, 0.29) is 24.8 Å². The number of thiazole rings is 1. The lowest BCUT2D eigenvalue weighted by molar-refractivity contribution is -0.140. The smallest absolute Gasteiger partial charge is 0.251 e. The maximum atomic E-state index is 13.6. The van der Waals surface area contributed by atoms with E-state index in [9.17, 15) is 19.5 Å². The third-order valence-corrected chi connectivity index (χ3v) is 8.44. The van der Waals surface area contributed by atoms with E-state index in [2.05, 4.69) is 22.2 Å². The summed E-state index contributed by atoms with van der Waals surface area (Å²) in [4.78, 5) is 49.9. The number of ether oxygens (including phenoxy) is 1. The van der Waals surface area contributed by atoms with Gasteiger partial charge in [0, 0.05) is 42.7 Å². The van der Waals surface area contributed by atoms with Gasteiger partial charge in [-0.05, 0) is 24.6 Å². The van der Waals surface area contributed by atoms with E-state index in [1.165, 1.54) is 4.90 Å². The Kier molecular flexibility index (Phi) is 7.29. The van der Waals surface area contributed by atoms with Crippen molar-refractivity contribution in [3.63, 3.8) is 0 Å². The molecule has 1 aromatic carbocycles. The molecule has 4 heterocycles.